The van der Waals surface area contributed by atoms with Crippen LogP contribution >= 0.6 is 68.7 Å². The quantitative estimate of drug-likeness (QED) is 0.0279. The summed E-state index contributed by atoms with van der Waals surface area (Å²) in [6.07, 6.45) is 9.54. The summed E-state index contributed by atoms with van der Waals surface area (Å²) in [4.78, 5) is 130. The number of aromatic nitrogens is 4. The second kappa shape index (κ2) is 39.3. The number of thiazole rings is 4. The largest absolute Gasteiger partial charge is 1.00 e. The normalized spacial score (nSPS) is 17.1. The maximum Gasteiger partial charge on any atom is 1.00 e. The van der Waals surface area contributed by atoms with Crippen molar-refractivity contribution >= 4 is 171 Å². The van der Waals surface area contributed by atoms with E-state index in [0.29, 0.717) is 118 Å². The van der Waals surface area contributed by atoms with Crippen molar-refractivity contribution in [2.75, 3.05) is 21.3 Å². The number of benzene rings is 4. The molecule has 8 heterocycles. The van der Waals surface area contributed by atoms with Gasteiger partial charge in [0.1, 0.15) is 0 Å². The summed E-state index contributed by atoms with van der Waals surface area (Å²) in [7, 11) is -2.57. The fourth-order valence-corrected chi connectivity index (χ4v) is 23.3. The summed E-state index contributed by atoms with van der Waals surface area (Å²) in [5, 5.41) is 14.4. The maximum atomic E-state index is 13.3. The number of thioether (sulfide) groups is 1. The van der Waals surface area contributed by atoms with Crippen molar-refractivity contribution in [1.82, 2.24) is 39.5 Å². The predicted octanol–water partition coefficient (Wildman–Crippen LogP) is 16.5. The van der Waals surface area contributed by atoms with Crippen molar-refractivity contribution in [3.05, 3.63) is 121 Å². The molecule has 4 aromatic carbocycles. The first kappa shape index (κ1) is 94.1. The Kier molecular flexibility index (Phi) is 30.9. The molecular weight excluding hydrogens is 1700 g/mol. The monoisotopic (exact) mass is 1810 g/mol. The van der Waals surface area contributed by atoms with Gasteiger partial charge >= 0.3 is 29.6 Å². The van der Waals surface area contributed by atoms with Crippen LogP contribution in [0.1, 0.15) is 249 Å². The van der Waals surface area contributed by atoms with E-state index in [0.717, 1.165) is 97.3 Å². The topological polar surface area (TPSA) is 283 Å². The number of hydrogen-bond acceptors (Lipinski definition) is 20. The number of nitrogens with one attached hydrogen (secondary N) is 4. The number of hydrogen-bond donors (Lipinski definition) is 4. The predicted molar refractivity (Wildman–Crippen MR) is 486 cm³/mol. The number of carbonyl (C=O) groups excluding carboxylic acids is 8. The number of fused-ring (bicyclic) bond motifs is 4. The Morgan fingerprint density at radius 2 is 0.658 bits per heavy atom. The maximum absolute atomic E-state index is 13.3. The van der Waals surface area contributed by atoms with Crippen molar-refractivity contribution in [1.29, 1.82) is 0 Å². The third-order valence-corrected chi connectivity index (χ3v) is 31.2. The van der Waals surface area contributed by atoms with Crippen LogP contribution < -0.4 is 50.8 Å². The van der Waals surface area contributed by atoms with Gasteiger partial charge in [-0.1, -0.05) is 112 Å². The number of halogens is 1. The zero-order valence-electron chi connectivity index (χ0n) is 72.3. The summed E-state index contributed by atoms with van der Waals surface area (Å²) in [6, 6.07) is 16.9. The first-order valence-electron chi connectivity index (χ1n) is 40.9. The van der Waals surface area contributed by atoms with E-state index in [1.54, 1.807) is 11.8 Å². The SMILES string of the molecule is CC(=O)Nc1nc(C)c(-c2cc(Cl)c3c(c2)CN([C@@H](C)C2CC2)C3=O)s1.CC(=O)Nc1nc(C)c(-c2cc3c(c(SC(C)C)c2)C(=O)N([C@@H](C)C2CC2)C3)s1.CC(=O)Nc1nc(C)c(-c2cc3c(c([S@@](=O)C(C)C)c2)C(=O)N([C@@H](C)C2CC2)C3)s1.CC(=O)Nc1nc(C)c(-c2cc3c(c([S@](=O)C(C)C)c2)C(=O)N([C@@H](C)C2CC2)C3)s1.CC(C)[S-].[Na+]. The van der Waals surface area contributed by atoms with Gasteiger partial charge in [-0.3, -0.25) is 46.8 Å². The zero-order valence-corrected chi connectivity index (χ0v) is 81.6. The number of rotatable bonds is 22. The van der Waals surface area contributed by atoms with Gasteiger partial charge in [-0.15, -0.1) is 11.8 Å². The van der Waals surface area contributed by atoms with Crippen LogP contribution in [0.2, 0.25) is 5.02 Å². The van der Waals surface area contributed by atoms with E-state index in [-0.39, 0.29) is 105 Å². The average Bonchev–Trinajstić information content (AvgIpc) is 1.59. The number of anilines is 4. The Hall–Kier alpha value is -6.55. The minimum Gasteiger partial charge on any atom is -0.790 e. The minimum absolute atomic E-state index is 0. The standard InChI is InChI=1S/2C22H27N3O3S2.C22H27N3O2S2.C19H20ClN3O2S.C3H8S.Na/c2*1-11(2)30(28)18-9-16(20-12(3)23-22(29-20)24-14(5)26)8-17-10-25(21(27)19(17)18)13(4)15-6-7-15;1-11(2)28-18-9-16(20-12(3)23-22(29-20)24-14(5)26)8-17-10-25(21(27)19(17)18)13(4)15-6-7-15;1-9-17(26-19(21-9)22-11(3)24)13-6-14-8-23(10(2)12-4-5-12)18(25)16(14)15(20)7-13;1-3(2)4;/h2*8-9,11,13,15H,6-7,10H2,1-5H3,(H,23,24,26);8-9,11,13,15H,6-7,10H2,1-5H3,(H,23,24,26);6-7,10,12H,4-5,8H2,1-3H3,(H,21,22,24);3-4H,1-2H3;/q;;;;;+1/p-1/t13-,30+;13-,30-;13-;10-;;/m0000../s1. The first-order chi connectivity index (χ1) is 56.2. The summed E-state index contributed by atoms with van der Waals surface area (Å²) < 4.78 is 26.3. The molecule has 4 aromatic heterocycles. The van der Waals surface area contributed by atoms with Crippen LogP contribution in [0.4, 0.5) is 20.5 Å². The second-order valence-electron chi connectivity index (χ2n) is 33.4. The second-order valence-corrected chi connectivity index (χ2v) is 44.3. The van der Waals surface area contributed by atoms with Gasteiger partial charge < -0.3 is 53.5 Å². The molecule has 8 amide bonds. The molecule has 4 aliphatic heterocycles. The van der Waals surface area contributed by atoms with E-state index in [9.17, 15) is 46.8 Å². The van der Waals surface area contributed by atoms with Gasteiger partial charge in [-0.05, 0) is 223 Å². The minimum atomic E-state index is -1.29. The molecule has 4 fully saturated rings. The fourth-order valence-electron chi connectivity index (χ4n) is 15.6. The number of carbonyl (C=O) groups is 8. The van der Waals surface area contributed by atoms with Crippen molar-refractivity contribution in [2.24, 2.45) is 23.7 Å². The van der Waals surface area contributed by atoms with Crippen molar-refractivity contribution in [2.45, 2.75) is 276 Å². The average molecular weight is 1810 g/mol. The summed E-state index contributed by atoms with van der Waals surface area (Å²) in [6.45, 7) is 40.4. The molecule has 4 N–H and O–H groups in total. The Balaban J connectivity index is 0.000000154. The molecule has 16 rings (SSSR count). The van der Waals surface area contributed by atoms with Crippen LogP contribution in [0.15, 0.2) is 63.2 Å². The molecular formula is C88H108ClN12NaO10S8. The molecule has 636 valence electrons. The summed E-state index contributed by atoms with van der Waals surface area (Å²) >= 11 is 18.6. The number of aryl methyl sites for hydroxylation is 4. The van der Waals surface area contributed by atoms with Gasteiger partial charge in [-0.2, -0.15) is 5.25 Å². The van der Waals surface area contributed by atoms with Crippen LogP contribution in [0.3, 0.4) is 0 Å². The Morgan fingerprint density at radius 1 is 0.417 bits per heavy atom. The van der Waals surface area contributed by atoms with E-state index in [1.807, 2.05) is 120 Å². The van der Waals surface area contributed by atoms with Crippen molar-refractivity contribution < 1.29 is 76.3 Å². The van der Waals surface area contributed by atoms with Gasteiger partial charge in [0.2, 0.25) is 23.6 Å². The van der Waals surface area contributed by atoms with Gasteiger partial charge in [0.25, 0.3) is 23.6 Å². The van der Waals surface area contributed by atoms with Gasteiger partial charge in [0.15, 0.2) is 20.5 Å². The number of amides is 8. The molecule has 8 aromatic rings. The van der Waals surface area contributed by atoms with Crippen LogP contribution in [0.25, 0.3) is 41.8 Å². The smallest absolute Gasteiger partial charge is 0.790 e. The molecule has 0 saturated heterocycles. The molecule has 0 bridgehead atoms. The fraction of sp³-hybridized carbons (Fsp3) is 0.500. The molecule has 4 saturated carbocycles. The molecule has 22 nitrogen and oxygen atoms in total. The third-order valence-electron chi connectivity index (χ3n) is 22.2. The van der Waals surface area contributed by atoms with E-state index in [1.165, 1.54) is 124 Å². The zero-order chi connectivity index (χ0) is 86.5. The molecule has 0 radical (unpaired) electrons. The van der Waals surface area contributed by atoms with Crippen LogP contribution in [0.5, 0.6) is 0 Å². The number of nitrogens with zero attached hydrogens (tertiary/aromatic N) is 8. The van der Waals surface area contributed by atoms with Crippen molar-refractivity contribution in [3.63, 3.8) is 0 Å². The van der Waals surface area contributed by atoms with Crippen LogP contribution in [-0.4, -0.2) is 140 Å². The Labute approximate surface area is 762 Å². The van der Waals surface area contributed by atoms with Gasteiger partial charge in [-0.25, -0.2) is 19.9 Å². The Bertz CT molecular complexity index is 5200. The van der Waals surface area contributed by atoms with Gasteiger partial charge in [0.05, 0.1) is 101 Å². The third kappa shape index (κ3) is 21.8. The molecule has 32 heteroatoms. The van der Waals surface area contributed by atoms with E-state index >= 15 is 0 Å². The molecule has 120 heavy (non-hydrogen) atoms. The molecule has 4 aliphatic carbocycles. The molecule has 0 unspecified atom stereocenters. The van der Waals surface area contributed by atoms with Gasteiger partial charge in [0, 0.05) is 98.7 Å². The summed E-state index contributed by atoms with van der Waals surface area (Å²) in [5.74, 6) is 2.04. The summed E-state index contributed by atoms with van der Waals surface area (Å²) in [5.41, 5.74) is 13.8. The van der Waals surface area contributed by atoms with Crippen LogP contribution in [0, 0.1) is 51.4 Å². The molecule has 6 atom stereocenters. The van der Waals surface area contributed by atoms with E-state index in [4.69, 9.17) is 11.6 Å². The first-order valence-corrected chi connectivity index (χ1v) is 48.3. The molecule has 8 aliphatic rings. The van der Waals surface area contributed by atoms with E-state index in [2.05, 4.69) is 112 Å². The van der Waals surface area contributed by atoms with Crippen molar-refractivity contribution in [3.8, 4) is 41.8 Å². The Morgan fingerprint density at radius 3 is 0.917 bits per heavy atom. The van der Waals surface area contributed by atoms with Crippen LogP contribution in [-0.2, 0) is 79.6 Å². The molecule has 0 spiro atoms. The van der Waals surface area contributed by atoms with E-state index < -0.39 is 21.6 Å².